The van der Waals surface area contributed by atoms with Crippen molar-refractivity contribution in [2.75, 3.05) is 26.3 Å². The summed E-state index contributed by atoms with van der Waals surface area (Å²) in [6, 6.07) is 4.57. The predicted octanol–water partition coefficient (Wildman–Crippen LogP) is 2.93. The molecule has 0 bridgehead atoms. The average molecular weight is 329 g/mol. The fourth-order valence-corrected chi connectivity index (χ4v) is 3.03. The van der Waals surface area contributed by atoms with Crippen LogP contribution in [-0.2, 0) is 15.7 Å². The summed E-state index contributed by atoms with van der Waals surface area (Å²) < 4.78 is 49.2. The first kappa shape index (κ1) is 16.3. The minimum absolute atomic E-state index is 0.0756. The second-order valence-corrected chi connectivity index (χ2v) is 5.82. The van der Waals surface area contributed by atoms with Gasteiger partial charge in [0, 0.05) is 24.6 Å². The van der Waals surface area contributed by atoms with Crippen molar-refractivity contribution in [3.8, 4) is 0 Å². The lowest BCUT2D eigenvalue weighted by Crippen LogP contribution is -2.41. The molecule has 0 saturated carbocycles. The van der Waals surface area contributed by atoms with Gasteiger partial charge >= 0.3 is 6.18 Å². The van der Waals surface area contributed by atoms with Crippen LogP contribution in [0.1, 0.15) is 28.8 Å². The molecule has 4 nitrogen and oxygen atoms in total. The van der Waals surface area contributed by atoms with E-state index in [2.05, 4.69) is 0 Å². The van der Waals surface area contributed by atoms with Crippen LogP contribution >= 0.6 is 0 Å². The van der Waals surface area contributed by atoms with Crippen LogP contribution in [0.4, 0.5) is 13.2 Å². The van der Waals surface area contributed by atoms with Crippen molar-refractivity contribution < 1.29 is 27.4 Å². The van der Waals surface area contributed by atoms with Crippen LogP contribution in [0.5, 0.6) is 0 Å². The van der Waals surface area contributed by atoms with Crippen molar-refractivity contribution in [2.45, 2.75) is 25.3 Å². The highest BCUT2D eigenvalue weighted by molar-refractivity contribution is 5.94. The second-order valence-electron chi connectivity index (χ2n) is 5.82. The van der Waals surface area contributed by atoms with Gasteiger partial charge in [-0.2, -0.15) is 13.2 Å². The molecule has 126 valence electrons. The summed E-state index contributed by atoms with van der Waals surface area (Å²) in [7, 11) is 0. The molecule has 7 heteroatoms. The van der Waals surface area contributed by atoms with Gasteiger partial charge in [0.05, 0.1) is 18.8 Å². The first-order valence-electron chi connectivity index (χ1n) is 7.65. The van der Waals surface area contributed by atoms with Gasteiger partial charge in [0.1, 0.15) is 0 Å². The quantitative estimate of drug-likeness (QED) is 0.837. The number of halogens is 3. The number of amides is 1. The van der Waals surface area contributed by atoms with Crippen molar-refractivity contribution in [1.82, 2.24) is 4.90 Å². The number of ether oxygens (including phenoxy) is 2. The average Bonchev–Trinajstić information content (AvgIpc) is 3.08. The Morgan fingerprint density at radius 3 is 2.39 bits per heavy atom. The lowest BCUT2D eigenvalue weighted by Gasteiger charge is -2.34. The van der Waals surface area contributed by atoms with Gasteiger partial charge in [-0.25, -0.2) is 0 Å². The Morgan fingerprint density at radius 2 is 1.78 bits per heavy atom. The smallest absolute Gasteiger partial charge is 0.350 e. The topological polar surface area (TPSA) is 38.8 Å². The van der Waals surface area contributed by atoms with E-state index in [4.69, 9.17) is 9.47 Å². The largest absolute Gasteiger partial charge is 0.416 e. The molecule has 2 saturated heterocycles. The Labute approximate surface area is 132 Å². The Hall–Kier alpha value is -1.60. The minimum Gasteiger partial charge on any atom is -0.350 e. The monoisotopic (exact) mass is 329 g/mol. The van der Waals surface area contributed by atoms with E-state index in [0.717, 1.165) is 25.0 Å². The molecule has 2 fully saturated rings. The van der Waals surface area contributed by atoms with Gasteiger partial charge in [0.25, 0.3) is 5.91 Å². The molecule has 0 unspecified atom stereocenters. The number of alkyl halides is 3. The third-order valence-electron chi connectivity index (χ3n) is 4.30. The van der Waals surface area contributed by atoms with Crippen molar-refractivity contribution in [3.63, 3.8) is 0 Å². The maximum atomic E-state index is 12.7. The molecule has 1 aromatic carbocycles. The van der Waals surface area contributed by atoms with Crippen LogP contribution in [0.2, 0.25) is 0 Å². The van der Waals surface area contributed by atoms with Crippen LogP contribution < -0.4 is 0 Å². The Morgan fingerprint density at radius 1 is 1.13 bits per heavy atom. The highest BCUT2D eigenvalue weighted by atomic mass is 19.4. The maximum absolute atomic E-state index is 12.7. The molecule has 2 aliphatic heterocycles. The van der Waals surface area contributed by atoms with Gasteiger partial charge in [0.15, 0.2) is 6.29 Å². The Balaban J connectivity index is 1.63. The Kier molecular flexibility index (Phi) is 4.59. The van der Waals surface area contributed by atoms with E-state index in [-0.39, 0.29) is 23.7 Å². The van der Waals surface area contributed by atoms with Crippen molar-refractivity contribution in [1.29, 1.82) is 0 Å². The molecule has 0 N–H and O–H groups in total. The number of likely N-dealkylation sites (tertiary alicyclic amines) is 1. The summed E-state index contributed by atoms with van der Waals surface area (Å²) in [6.07, 6.45) is -3.19. The molecular formula is C16H18F3NO3. The Bertz CT molecular complexity index is 562. The summed E-state index contributed by atoms with van der Waals surface area (Å²) in [5.74, 6) is -0.120. The van der Waals surface area contributed by atoms with E-state index in [9.17, 15) is 18.0 Å². The molecule has 2 aliphatic rings. The molecule has 2 heterocycles. The van der Waals surface area contributed by atoms with Crippen LogP contribution in [0.15, 0.2) is 24.3 Å². The van der Waals surface area contributed by atoms with Crippen molar-refractivity contribution in [3.05, 3.63) is 35.4 Å². The van der Waals surface area contributed by atoms with E-state index in [1.165, 1.54) is 12.1 Å². The zero-order valence-corrected chi connectivity index (χ0v) is 12.5. The molecular weight excluding hydrogens is 311 g/mol. The molecule has 23 heavy (non-hydrogen) atoms. The molecule has 1 amide bonds. The van der Waals surface area contributed by atoms with Gasteiger partial charge in [-0.05, 0) is 31.0 Å². The molecule has 0 radical (unpaired) electrons. The van der Waals surface area contributed by atoms with Crippen molar-refractivity contribution >= 4 is 5.91 Å². The molecule has 0 spiro atoms. The fraction of sp³-hybridized carbons (Fsp3) is 0.562. The highest BCUT2D eigenvalue weighted by Crippen LogP contribution is 2.30. The zero-order chi connectivity index (χ0) is 16.4. The van der Waals surface area contributed by atoms with Gasteiger partial charge in [-0.1, -0.05) is 6.07 Å². The normalized spacial score (nSPS) is 20.9. The first-order valence-corrected chi connectivity index (χ1v) is 7.65. The number of nitrogens with zero attached hydrogens (tertiary/aromatic N) is 1. The summed E-state index contributed by atoms with van der Waals surface area (Å²) in [5, 5.41) is 0. The number of hydrogen-bond acceptors (Lipinski definition) is 3. The SMILES string of the molecule is O=C(c1cccc(C(F)(F)F)c1)N1CCC(C2OCCO2)CC1. The van der Waals surface area contributed by atoms with Gasteiger partial charge in [-0.15, -0.1) is 0 Å². The van der Waals surface area contributed by atoms with Crippen LogP contribution in [0.3, 0.4) is 0 Å². The van der Waals surface area contributed by atoms with Crippen molar-refractivity contribution in [2.24, 2.45) is 5.92 Å². The highest BCUT2D eigenvalue weighted by Gasteiger charge is 2.34. The fourth-order valence-electron chi connectivity index (χ4n) is 3.03. The zero-order valence-electron chi connectivity index (χ0n) is 12.5. The van der Waals surface area contributed by atoms with E-state index in [1.54, 1.807) is 4.90 Å². The standard InChI is InChI=1S/C16H18F3NO3/c17-16(18,19)13-3-1-2-12(10-13)14(21)20-6-4-11(5-7-20)15-22-8-9-23-15/h1-3,10-11,15H,4-9H2. The third kappa shape index (κ3) is 3.67. The maximum Gasteiger partial charge on any atom is 0.416 e. The lowest BCUT2D eigenvalue weighted by atomic mass is 9.95. The number of benzene rings is 1. The number of piperidine rings is 1. The van der Waals surface area contributed by atoms with Crippen LogP contribution in [-0.4, -0.2) is 43.4 Å². The summed E-state index contributed by atoms with van der Waals surface area (Å²) >= 11 is 0. The third-order valence-corrected chi connectivity index (χ3v) is 4.30. The number of rotatable bonds is 2. The van der Waals surface area contributed by atoms with Gasteiger partial charge in [-0.3, -0.25) is 4.79 Å². The molecule has 0 aromatic heterocycles. The second kappa shape index (κ2) is 6.49. The summed E-state index contributed by atoms with van der Waals surface area (Å²) in [6.45, 7) is 2.19. The number of carbonyl (C=O) groups excluding carboxylic acids is 1. The summed E-state index contributed by atoms with van der Waals surface area (Å²) in [4.78, 5) is 14.0. The van der Waals surface area contributed by atoms with E-state index in [0.29, 0.717) is 26.3 Å². The number of hydrogen-bond donors (Lipinski definition) is 0. The summed E-state index contributed by atoms with van der Waals surface area (Å²) in [5.41, 5.74) is -0.724. The lowest BCUT2D eigenvalue weighted by molar-refractivity contribution is -0.137. The molecule has 0 aliphatic carbocycles. The van der Waals surface area contributed by atoms with E-state index < -0.39 is 11.7 Å². The van der Waals surface area contributed by atoms with Crippen LogP contribution in [0, 0.1) is 5.92 Å². The van der Waals surface area contributed by atoms with Crippen LogP contribution in [0.25, 0.3) is 0 Å². The van der Waals surface area contributed by atoms with E-state index in [1.807, 2.05) is 0 Å². The molecule has 1 aromatic rings. The molecule has 3 rings (SSSR count). The first-order chi connectivity index (χ1) is 10.9. The van der Waals surface area contributed by atoms with Gasteiger partial charge < -0.3 is 14.4 Å². The molecule has 0 atom stereocenters. The van der Waals surface area contributed by atoms with E-state index >= 15 is 0 Å². The minimum atomic E-state index is -4.44. The predicted molar refractivity (Wildman–Crippen MR) is 75.8 cm³/mol. The number of carbonyl (C=O) groups is 1. The van der Waals surface area contributed by atoms with Gasteiger partial charge in [0.2, 0.25) is 0 Å².